The molecule has 2 aliphatic carbocycles. The summed E-state index contributed by atoms with van der Waals surface area (Å²) in [6.45, 7) is 1.94. The zero-order valence-electron chi connectivity index (χ0n) is 19.4. The summed E-state index contributed by atoms with van der Waals surface area (Å²) in [6, 6.07) is 23.3. The lowest BCUT2D eigenvalue weighted by atomic mass is 9.70. The van der Waals surface area contributed by atoms with Crippen LogP contribution in [0.5, 0.6) is 0 Å². The molecule has 0 bridgehead atoms. The molecule has 2 aliphatic rings. The monoisotopic (exact) mass is 482 g/mol. The van der Waals surface area contributed by atoms with Gasteiger partial charge in [-0.2, -0.15) is 12.5 Å². The summed E-state index contributed by atoms with van der Waals surface area (Å²) in [4.78, 5) is 4.93. The molecule has 0 amide bonds. The molecule has 0 spiro atoms. The number of benzene rings is 2. The molecule has 35 heavy (non-hydrogen) atoms. The lowest BCUT2D eigenvalue weighted by molar-refractivity contribution is 0.560. The van der Waals surface area contributed by atoms with Crippen molar-refractivity contribution in [3.05, 3.63) is 113 Å². The van der Waals surface area contributed by atoms with Crippen LogP contribution in [0.25, 0.3) is 6.08 Å². The predicted molar refractivity (Wildman–Crippen MR) is 137 cm³/mol. The first kappa shape index (κ1) is 21.8. The lowest BCUT2D eigenvalue weighted by Crippen LogP contribution is -2.33. The van der Waals surface area contributed by atoms with Crippen LogP contribution in [0.4, 0.5) is 5.82 Å². The smallest absolute Gasteiger partial charge is 0.283 e. The zero-order chi connectivity index (χ0) is 24.0. The molecule has 176 valence electrons. The average Bonchev–Trinajstić information content (AvgIpc) is 3.64. The number of allylic oxidation sites excluding steroid dienone is 1. The van der Waals surface area contributed by atoms with Gasteiger partial charge in [0.05, 0.1) is 21.7 Å². The van der Waals surface area contributed by atoms with Crippen LogP contribution in [0.15, 0.2) is 90.0 Å². The number of fused-ring (bicyclic) bond motifs is 1. The van der Waals surface area contributed by atoms with Gasteiger partial charge in [-0.1, -0.05) is 66.2 Å². The average molecular weight is 483 g/mol. The number of anilines is 1. The molecule has 0 aliphatic heterocycles. The molecule has 1 unspecified atom stereocenters. The second-order valence-electron chi connectivity index (χ2n) is 9.35. The Morgan fingerprint density at radius 3 is 2.40 bits per heavy atom. The maximum absolute atomic E-state index is 13.8. The van der Waals surface area contributed by atoms with Gasteiger partial charge in [0.2, 0.25) is 0 Å². The molecule has 0 radical (unpaired) electrons. The van der Waals surface area contributed by atoms with E-state index in [9.17, 15) is 8.42 Å². The first-order valence-corrected chi connectivity index (χ1v) is 13.3. The third kappa shape index (κ3) is 3.76. The van der Waals surface area contributed by atoms with Crippen molar-refractivity contribution in [3.8, 4) is 0 Å². The molecule has 1 N–H and O–H groups in total. The van der Waals surface area contributed by atoms with E-state index in [-0.39, 0.29) is 4.90 Å². The SMILES string of the molecule is Cc1ccc(S(=O)(=O)n2nc(NC3CC3)c3c2CC(c2ccccc2)(c2ccccn2)C=C3)cc1. The van der Waals surface area contributed by atoms with Gasteiger partial charge in [-0.15, -0.1) is 5.10 Å². The van der Waals surface area contributed by atoms with Gasteiger partial charge in [0.1, 0.15) is 0 Å². The van der Waals surface area contributed by atoms with Crippen molar-refractivity contribution in [2.24, 2.45) is 0 Å². The van der Waals surface area contributed by atoms with Crippen molar-refractivity contribution in [3.63, 3.8) is 0 Å². The highest BCUT2D eigenvalue weighted by Gasteiger charge is 2.41. The molecule has 2 aromatic carbocycles. The van der Waals surface area contributed by atoms with Gasteiger partial charge in [-0.3, -0.25) is 4.98 Å². The van der Waals surface area contributed by atoms with Crippen LogP contribution >= 0.6 is 0 Å². The van der Waals surface area contributed by atoms with E-state index in [1.54, 1.807) is 18.3 Å². The molecule has 1 saturated carbocycles. The molecular formula is C28H26N4O2S. The molecule has 1 atom stereocenters. The van der Waals surface area contributed by atoms with Gasteiger partial charge < -0.3 is 5.32 Å². The van der Waals surface area contributed by atoms with Gasteiger partial charge in [0, 0.05) is 24.2 Å². The van der Waals surface area contributed by atoms with Gasteiger partial charge >= 0.3 is 0 Å². The van der Waals surface area contributed by atoms with Crippen LogP contribution in [0.2, 0.25) is 0 Å². The fourth-order valence-corrected chi connectivity index (χ4v) is 6.07. The van der Waals surface area contributed by atoms with Crippen molar-refractivity contribution in [2.45, 2.75) is 42.5 Å². The van der Waals surface area contributed by atoms with Crippen LogP contribution < -0.4 is 5.32 Å². The largest absolute Gasteiger partial charge is 0.365 e. The summed E-state index contributed by atoms with van der Waals surface area (Å²) >= 11 is 0. The number of aromatic nitrogens is 3. The molecule has 0 saturated heterocycles. The van der Waals surface area contributed by atoms with E-state index in [0.717, 1.165) is 35.2 Å². The molecule has 2 heterocycles. The molecule has 6 rings (SSSR count). The number of hydrogen-bond acceptors (Lipinski definition) is 5. The molecule has 2 aromatic heterocycles. The predicted octanol–water partition coefficient (Wildman–Crippen LogP) is 4.95. The molecule has 7 heteroatoms. The van der Waals surface area contributed by atoms with Gasteiger partial charge in [-0.25, -0.2) is 0 Å². The Bertz CT molecular complexity index is 1470. The minimum absolute atomic E-state index is 0.226. The summed E-state index contributed by atoms with van der Waals surface area (Å²) in [7, 11) is -3.90. The van der Waals surface area contributed by atoms with E-state index < -0.39 is 15.4 Å². The summed E-state index contributed by atoms with van der Waals surface area (Å²) in [5.41, 5.74) is 3.79. The van der Waals surface area contributed by atoms with E-state index >= 15 is 0 Å². The van der Waals surface area contributed by atoms with Crippen LogP contribution in [0, 0.1) is 6.92 Å². The van der Waals surface area contributed by atoms with Crippen molar-refractivity contribution in [1.82, 2.24) is 14.2 Å². The highest BCUT2D eigenvalue weighted by Crippen LogP contribution is 2.43. The Kier molecular flexibility index (Phi) is 5.11. The lowest BCUT2D eigenvalue weighted by Gasteiger charge is -2.33. The van der Waals surface area contributed by atoms with Crippen LogP contribution in [0.1, 0.15) is 40.9 Å². The molecule has 4 aromatic rings. The van der Waals surface area contributed by atoms with E-state index in [1.807, 2.05) is 61.5 Å². The first-order valence-electron chi connectivity index (χ1n) is 11.8. The Morgan fingerprint density at radius 2 is 1.71 bits per heavy atom. The highest BCUT2D eigenvalue weighted by molar-refractivity contribution is 7.89. The second kappa shape index (κ2) is 8.20. The van der Waals surface area contributed by atoms with Gasteiger partial charge in [-0.05, 0) is 49.6 Å². The van der Waals surface area contributed by atoms with Crippen molar-refractivity contribution < 1.29 is 8.42 Å². The number of aryl methyl sites for hydroxylation is 1. The fraction of sp³-hybridized carbons (Fsp3) is 0.214. The summed E-state index contributed by atoms with van der Waals surface area (Å²) in [6.07, 6.45) is 8.50. The first-order chi connectivity index (χ1) is 17.0. The summed E-state index contributed by atoms with van der Waals surface area (Å²) < 4.78 is 28.9. The Balaban J connectivity index is 1.55. The zero-order valence-corrected chi connectivity index (χ0v) is 20.2. The highest BCUT2D eigenvalue weighted by atomic mass is 32.2. The van der Waals surface area contributed by atoms with Crippen LogP contribution in [-0.2, 0) is 21.9 Å². The molecule has 6 nitrogen and oxygen atoms in total. The molecule has 1 fully saturated rings. The van der Waals surface area contributed by atoms with Crippen molar-refractivity contribution in [1.29, 1.82) is 0 Å². The van der Waals surface area contributed by atoms with Gasteiger partial charge in [0.15, 0.2) is 5.82 Å². The second-order valence-corrected chi connectivity index (χ2v) is 11.1. The fourth-order valence-electron chi connectivity index (χ4n) is 4.75. The summed E-state index contributed by atoms with van der Waals surface area (Å²) in [5, 5.41) is 8.08. The topological polar surface area (TPSA) is 76.9 Å². The number of hydrogen-bond donors (Lipinski definition) is 1. The van der Waals surface area contributed by atoms with Crippen molar-refractivity contribution in [2.75, 3.05) is 5.32 Å². The maximum Gasteiger partial charge on any atom is 0.283 e. The quantitative estimate of drug-likeness (QED) is 0.421. The maximum atomic E-state index is 13.8. The molecular weight excluding hydrogens is 456 g/mol. The minimum Gasteiger partial charge on any atom is -0.365 e. The number of rotatable bonds is 6. The Morgan fingerprint density at radius 1 is 0.971 bits per heavy atom. The normalized spacial score (nSPS) is 19.3. The van der Waals surface area contributed by atoms with E-state index in [2.05, 4.69) is 28.6 Å². The third-order valence-corrected chi connectivity index (χ3v) is 8.47. The van der Waals surface area contributed by atoms with Gasteiger partial charge in [0.25, 0.3) is 10.0 Å². The Labute approximate surface area is 205 Å². The minimum atomic E-state index is -3.90. The van der Waals surface area contributed by atoms with Crippen LogP contribution in [0.3, 0.4) is 0 Å². The standard InChI is InChI=1S/C28H26N4O2S/c1-20-10-14-23(15-11-20)35(33,34)32-25-19-28(21-7-3-2-4-8-21,26-9-5-6-18-29-26)17-16-24(25)27(31-32)30-22-12-13-22/h2-11,14-18,22H,12-13,19H2,1H3,(H,30,31). The third-order valence-electron chi connectivity index (χ3n) is 6.84. The Hall–Kier alpha value is -3.71. The number of pyridine rings is 1. The van der Waals surface area contributed by atoms with Crippen molar-refractivity contribution >= 4 is 21.9 Å². The number of nitrogens with zero attached hydrogens (tertiary/aromatic N) is 3. The van der Waals surface area contributed by atoms with Crippen LogP contribution in [-0.4, -0.2) is 28.6 Å². The van der Waals surface area contributed by atoms with E-state index in [1.165, 1.54) is 4.09 Å². The summed E-state index contributed by atoms with van der Waals surface area (Å²) in [5.74, 6) is 0.622. The number of nitrogens with one attached hydrogen (secondary N) is 1. The van der Waals surface area contributed by atoms with E-state index in [0.29, 0.717) is 24.0 Å². The van der Waals surface area contributed by atoms with E-state index in [4.69, 9.17) is 4.98 Å².